The highest BCUT2D eigenvalue weighted by Gasteiger charge is 2.14. The molecule has 0 radical (unpaired) electrons. The maximum Gasteiger partial charge on any atom is 0.337 e. The number of H-pyrrole nitrogens is 1. The number of hydrogen-bond acceptors (Lipinski definition) is 4. The lowest BCUT2D eigenvalue weighted by Gasteiger charge is -2.04. The number of aryl methyl sites for hydroxylation is 1. The van der Waals surface area contributed by atoms with Gasteiger partial charge in [0.2, 0.25) is 5.82 Å². The molecule has 0 saturated carbocycles. The Kier molecular flexibility index (Phi) is 4.54. The van der Waals surface area contributed by atoms with E-state index < -0.39 is 11.9 Å². The van der Waals surface area contributed by atoms with Crippen LogP contribution in [0.3, 0.4) is 0 Å². The molecule has 1 heterocycles. The first-order chi connectivity index (χ1) is 10.0. The second-order valence-electron chi connectivity index (χ2n) is 4.31. The molecular formula is C13H13ClN4O3. The minimum atomic E-state index is -1.13. The maximum absolute atomic E-state index is 11.9. The van der Waals surface area contributed by atoms with Crippen LogP contribution in [-0.2, 0) is 6.42 Å². The second-order valence-corrected chi connectivity index (χ2v) is 4.72. The van der Waals surface area contributed by atoms with Crippen LogP contribution in [0.15, 0.2) is 18.2 Å². The van der Waals surface area contributed by atoms with E-state index in [2.05, 4.69) is 20.5 Å². The van der Waals surface area contributed by atoms with E-state index in [1.165, 1.54) is 18.2 Å². The van der Waals surface area contributed by atoms with Gasteiger partial charge in [0, 0.05) is 12.1 Å². The van der Waals surface area contributed by atoms with E-state index in [1.54, 1.807) is 0 Å². The number of anilines is 1. The minimum absolute atomic E-state index is 0.0249. The van der Waals surface area contributed by atoms with Gasteiger partial charge in [0.05, 0.1) is 10.6 Å². The van der Waals surface area contributed by atoms with Gasteiger partial charge in [-0.05, 0) is 24.6 Å². The van der Waals surface area contributed by atoms with E-state index in [-0.39, 0.29) is 16.4 Å². The quantitative estimate of drug-likeness (QED) is 0.785. The molecule has 7 nitrogen and oxygen atoms in total. The van der Waals surface area contributed by atoms with Gasteiger partial charge in [0.15, 0.2) is 0 Å². The number of aromatic amines is 1. The van der Waals surface area contributed by atoms with Crippen molar-refractivity contribution in [3.05, 3.63) is 40.4 Å². The molecule has 1 amide bonds. The molecule has 2 aromatic rings. The number of carboxylic acid groups (broad SMARTS) is 1. The fraction of sp³-hybridized carbons (Fsp3) is 0.231. The minimum Gasteiger partial charge on any atom is -0.478 e. The summed E-state index contributed by atoms with van der Waals surface area (Å²) in [6, 6.07) is 4.14. The lowest BCUT2D eigenvalue weighted by Crippen LogP contribution is -2.14. The molecule has 0 unspecified atom stereocenters. The van der Waals surface area contributed by atoms with Crippen molar-refractivity contribution in [1.82, 2.24) is 15.2 Å². The molecule has 0 aliphatic rings. The largest absolute Gasteiger partial charge is 0.478 e. The van der Waals surface area contributed by atoms with Gasteiger partial charge in [-0.1, -0.05) is 18.5 Å². The molecule has 0 aliphatic heterocycles. The summed E-state index contributed by atoms with van der Waals surface area (Å²) in [6.45, 7) is 1.99. The van der Waals surface area contributed by atoms with Crippen molar-refractivity contribution in [2.24, 2.45) is 0 Å². The Morgan fingerprint density at radius 3 is 2.81 bits per heavy atom. The summed E-state index contributed by atoms with van der Waals surface area (Å²) in [7, 11) is 0. The fourth-order valence-corrected chi connectivity index (χ4v) is 1.96. The Labute approximate surface area is 125 Å². The zero-order valence-corrected chi connectivity index (χ0v) is 11.9. The van der Waals surface area contributed by atoms with Crippen LogP contribution >= 0.6 is 11.6 Å². The van der Waals surface area contributed by atoms with Gasteiger partial charge in [-0.15, -0.1) is 5.10 Å². The number of carboxylic acids is 1. The molecule has 0 fully saturated rings. The highest BCUT2D eigenvalue weighted by molar-refractivity contribution is 6.33. The number of hydrogen-bond donors (Lipinski definition) is 3. The predicted octanol–water partition coefficient (Wildman–Crippen LogP) is 2.36. The number of halogens is 1. The molecule has 1 aromatic heterocycles. The zero-order chi connectivity index (χ0) is 15.4. The smallest absolute Gasteiger partial charge is 0.337 e. The summed E-state index contributed by atoms with van der Waals surface area (Å²) < 4.78 is 0. The van der Waals surface area contributed by atoms with Gasteiger partial charge in [0.25, 0.3) is 5.91 Å². The standard InChI is InChI=1S/C13H13ClN4O3/c1-2-3-10-16-11(18-17-10)12(19)15-7-4-5-8(13(20)21)9(14)6-7/h4-6H,2-3H2,1H3,(H,15,19)(H,20,21)(H,16,17,18). The summed E-state index contributed by atoms with van der Waals surface area (Å²) in [4.78, 5) is 26.8. The van der Waals surface area contributed by atoms with Crippen LogP contribution in [0.1, 0.15) is 40.1 Å². The van der Waals surface area contributed by atoms with Crippen molar-refractivity contribution in [3.8, 4) is 0 Å². The van der Waals surface area contributed by atoms with E-state index in [0.717, 1.165) is 6.42 Å². The van der Waals surface area contributed by atoms with Crippen molar-refractivity contribution in [1.29, 1.82) is 0 Å². The van der Waals surface area contributed by atoms with Crippen LogP contribution in [-0.4, -0.2) is 32.2 Å². The number of amides is 1. The van der Waals surface area contributed by atoms with Crippen molar-refractivity contribution < 1.29 is 14.7 Å². The Morgan fingerprint density at radius 2 is 2.19 bits per heavy atom. The molecule has 0 spiro atoms. The normalized spacial score (nSPS) is 10.4. The van der Waals surface area contributed by atoms with Crippen molar-refractivity contribution >= 4 is 29.2 Å². The number of benzene rings is 1. The Hall–Kier alpha value is -2.41. The summed E-state index contributed by atoms with van der Waals surface area (Å²) in [5.41, 5.74) is 0.342. The number of aromatic nitrogens is 3. The van der Waals surface area contributed by atoms with Crippen LogP contribution < -0.4 is 5.32 Å². The summed E-state index contributed by atoms with van der Waals surface area (Å²) >= 11 is 5.83. The summed E-state index contributed by atoms with van der Waals surface area (Å²) in [5.74, 6) is -0.956. The Bertz CT molecular complexity index is 684. The SMILES string of the molecule is CCCc1nc(C(=O)Nc2ccc(C(=O)O)c(Cl)c2)n[nH]1. The molecule has 0 bridgehead atoms. The maximum atomic E-state index is 11.9. The van der Waals surface area contributed by atoms with E-state index in [0.29, 0.717) is 17.9 Å². The van der Waals surface area contributed by atoms with Gasteiger partial charge >= 0.3 is 5.97 Å². The average Bonchev–Trinajstić information content (AvgIpc) is 2.87. The predicted molar refractivity (Wildman–Crippen MR) is 76.7 cm³/mol. The first kappa shape index (κ1) is 15.0. The molecule has 0 aliphatic carbocycles. The molecular weight excluding hydrogens is 296 g/mol. The van der Waals surface area contributed by atoms with Crippen LogP contribution in [0.2, 0.25) is 5.02 Å². The lowest BCUT2D eigenvalue weighted by atomic mass is 10.2. The highest BCUT2D eigenvalue weighted by atomic mass is 35.5. The van der Waals surface area contributed by atoms with Crippen molar-refractivity contribution in [2.45, 2.75) is 19.8 Å². The van der Waals surface area contributed by atoms with Gasteiger partial charge in [-0.3, -0.25) is 9.89 Å². The third-order valence-electron chi connectivity index (χ3n) is 2.68. The van der Waals surface area contributed by atoms with E-state index in [4.69, 9.17) is 16.7 Å². The fourth-order valence-electron chi connectivity index (χ4n) is 1.70. The van der Waals surface area contributed by atoms with Crippen molar-refractivity contribution in [3.63, 3.8) is 0 Å². The number of rotatable bonds is 5. The van der Waals surface area contributed by atoms with Crippen LogP contribution in [0.25, 0.3) is 0 Å². The first-order valence-corrected chi connectivity index (χ1v) is 6.64. The number of carbonyl (C=O) groups excluding carboxylic acids is 1. The Balaban J connectivity index is 2.11. The van der Waals surface area contributed by atoms with Gasteiger partial charge in [-0.2, -0.15) is 0 Å². The monoisotopic (exact) mass is 308 g/mol. The zero-order valence-electron chi connectivity index (χ0n) is 11.2. The highest BCUT2D eigenvalue weighted by Crippen LogP contribution is 2.21. The molecule has 1 aromatic carbocycles. The van der Waals surface area contributed by atoms with Gasteiger partial charge < -0.3 is 10.4 Å². The second kappa shape index (κ2) is 6.36. The van der Waals surface area contributed by atoms with Crippen LogP contribution in [0.4, 0.5) is 5.69 Å². The van der Waals surface area contributed by atoms with Gasteiger partial charge in [0.1, 0.15) is 5.82 Å². The topological polar surface area (TPSA) is 108 Å². The Morgan fingerprint density at radius 1 is 1.43 bits per heavy atom. The van der Waals surface area contributed by atoms with E-state index in [9.17, 15) is 9.59 Å². The van der Waals surface area contributed by atoms with Crippen LogP contribution in [0, 0.1) is 0 Å². The van der Waals surface area contributed by atoms with E-state index >= 15 is 0 Å². The third kappa shape index (κ3) is 3.57. The number of carbonyl (C=O) groups is 2. The van der Waals surface area contributed by atoms with Gasteiger partial charge in [-0.25, -0.2) is 9.78 Å². The summed E-state index contributed by atoms with van der Waals surface area (Å²) in [5, 5.41) is 18.0. The van der Waals surface area contributed by atoms with E-state index in [1.807, 2.05) is 6.92 Å². The molecule has 3 N–H and O–H groups in total. The first-order valence-electron chi connectivity index (χ1n) is 6.26. The summed E-state index contributed by atoms with van der Waals surface area (Å²) in [6.07, 6.45) is 1.60. The molecule has 8 heteroatoms. The van der Waals surface area contributed by atoms with Crippen LogP contribution in [0.5, 0.6) is 0 Å². The molecule has 21 heavy (non-hydrogen) atoms. The molecule has 0 atom stereocenters. The molecule has 110 valence electrons. The lowest BCUT2D eigenvalue weighted by molar-refractivity contribution is 0.0697. The third-order valence-corrected chi connectivity index (χ3v) is 2.99. The average molecular weight is 309 g/mol. The molecule has 0 saturated heterocycles. The number of aromatic carboxylic acids is 1. The van der Waals surface area contributed by atoms with Crippen molar-refractivity contribution in [2.75, 3.05) is 5.32 Å². The number of nitrogens with zero attached hydrogens (tertiary/aromatic N) is 2. The molecule has 2 rings (SSSR count). The number of nitrogens with one attached hydrogen (secondary N) is 2.